The molecule has 0 spiro atoms. The predicted octanol–water partition coefficient (Wildman–Crippen LogP) is 2.41. The lowest BCUT2D eigenvalue weighted by Gasteiger charge is -2.36. The highest BCUT2D eigenvalue weighted by molar-refractivity contribution is 9.10. The van der Waals surface area contributed by atoms with Gasteiger partial charge in [-0.05, 0) is 23.8 Å². The van der Waals surface area contributed by atoms with Gasteiger partial charge in [0.1, 0.15) is 0 Å². The molecule has 1 aliphatic rings. The van der Waals surface area contributed by atoms with Crippen molar-refractivity contribution in [3.05, 3.63) is 34.8 Å². The first-order valence-electron chi connectivity index (χ1n) is 4.13. The Labute approximate surface area is 86.2 Å². The van der Waals surface area contributed by atoms with Crippen LogP contribution in [0.1, 0.15) is 0 Å². The van der Waals surface area contributed by atoms with E-state index in [2.05, 4.69) is 27.4 Å². The van der Waals surface area contributed by atoms with Crippen molar-refractivity contribution in [3.63, 3.8) is 0 Å². The van der Waals surface area contributed by atoms with Gasteiger partial charge >= 0.3 is 0 Å². The van der Waals surface area contributed by atoms with Crippen molar-refractivity contribution >= 4 is 27.3 Å². The molecule has 0 atom stereocenters. The van der Waals surface area contributed by atoms with Gasteiger partial charge in [0.25, 0.3) is 0 Å². The van der Waals surface area contributed by atoms with Crippen molar-refractivity contribution in [3.8, 4) is 0 Å². The zero-order valence-corrected chi connectivity index (χ0v) is 8.84. The third-order valence-corrected chi connectivity index (χ3v) is 2.65. The van der Waals surface area contributed by atoms with E-state index in [1.165, 1.54) is 5.57 Å². The maximum atomic E-state index is 5.88. The van der Waals surface area contributed by atoms with Gasteiger partial charge in [0.2, 0.25) is 0 Å². The maximum absolute atomic E-state index is 5.88. The molecule has 1 fully saturated rings. The number of rotatable bonds is 1. The van der Waals surface area contributed by atoms with Gasteiger partial charge in [-0.1, -0.05) is 22.5 Å². The van der Waals surface area contributed by atoms with Gasteiger partial charge in [0.15, 0.2) is 0 Å². The lowest BCUT2D eigenvalue weighted by atomic mass is 10.1. The van der Waals surface area contributed by atoms with Crippen LogP contribution in [0, 0.1) is 0 Å². The molecule has 2 nitrogen and oxygen atoms in total. The Kier molecular flexibility index (Phi) is 2.04. The summed E-state index contributed by atoms with van der Waals surface area (Å²) >= 11 is 3.38. The topological polar surface area (TPSA) is 29.3 Å². The fourth-order valence-electron chi connectivity index (χ4n) is 1.48. The molecule has 0 amide bonds. The van der Waals surface area contributed by atoms with Crippen LogP contribution in [0.2, 0.25) is 0 Å². The molecule has 2 rings (SSSR count). The van der Waals surface area contributed by atoms with Crippen LogP contribution in [-0.2, 0) is 0 Å². The third kappa shape index (κ3) is 1.56. The number of hydrogen-bond acceptors (Lipinski definition) is 2. The molecule has 2 N–H and O–H groups in total. The third-order valence-electron chi connectivity index (χ3n) is 2.16. The van der Waals surface area contributed by atoms with Gasteiger partial charge in [0.05, 0.1) is 11.4 Å². The summed E-state index contributed by atoms with van der Waals surface area (Å²) in [5.74, 6) is 0. The van der Waals surface area contributed by atoms with E-state index in [0.29, 0.717) is 0 Å². The number of benzene rings is 1. The standard InChI is InChI=1S/C10H11BrN2/c1-7-5-13(6-7)10-3-2-8(11)4-9(10)12/h2-4H,1,5-6,12H2. The lowest BCUT2D eigenvalue weighted by Crippen LogP contribution is -2.39. The van der Waals surface area contributed by atoms with E-state index in [1.807, 2.05) is 18.2 Å². The number of nitrogens with zero attached hydrogens (tertiary/aromatic N) is 1. The minimum Gasteiger partial charge on any atom is -0.397 e. The molecule has 0 aliphatic carbocycles. The molecule has 1 aromatic carbocycles. The van der Waals surface area contributed by atoms with Gasteiger partial charge < -0.3 is 10.6 Å². The maximum Gasteiger partial charge on any atom is 0.0606 e. The summed E-state index contributed by atoms with van der Waals surface area (Å²) in [4.78, 5) is 2.21. The summed E-state index contributed by atoms with van der Waals surface area (Å²) < 4.78 is 1.02. The van der Waals surface area contributed by atoms with E-state index in [9.17, 15) is 0 Å². The summed E-state index contributed by atoms with van der Waals surface area (Å²) in [6.07, 6.45) is 0. The minimum atomic E-state index is 0.821. The summed E-state index contributed by atoms with van der Waals surface area (Å²) in [6.45, 7) is 5.76. The summed E-state index contributed by atoms with van der Waals surface area (Å²) in [7, 11) is 0. The number of nitrogens with two attached hydrogens (primary N) is 1. The normalized spacial score (nSPS) is 15.8. The van der Waals surface area contributed by atoms with E-state index in [-0.39, 0.29) is 0 Å². The van der Waals surface area contributed by atoms with Crippen LogP contribution in [0.25, 0.3) is 0 Å². The molecule has 0 saturated carbocycles. The molecule has 1 heterocycles. The van der Waals surface area contributed by atoms with Crippen LogP contribution in [-0.4, -0.2) is 13.1 Å². The second-order valence-electron chi connectivity index (χ2n) is 3.31. The number of anilines is 2. The molecular formula is C10H11BrN2. The van der Waals surface area contributed by atoms with E-state index < -0.39 is 0 Å². The van der Waals surface area contributed by atoms with Crippen LogP contribution in [0.4, 0.5) is 11.4 Å². The molecule has 1 aromatic rings. The Balaban J connectivity index is 2.26. The van der Waals surface area contributed by atoms with Crippen molar-refractivity contribution in [2.75, 3.05) is 23.7 Å². The largest absolute Gasteiger partial charge is 0.397 e. The summed E-state index contributed by atoms with van der Waals surface area (Å²) in [5.41, 5.74) is 9.07. The Hall–Kier alpha value is -0.960. The van der Waals surface area contributed by atoms with E-state index in [4.69, 9.17) is 5.73 Å². The average molecular weight is 239 g/mol. The van der Waals surface area contributed by atoms with E-state index >= 15 is 0 Å². The molecule has 0 aromatic heterocycles. The van der Waals surface area contributed by atoms with E-state index in [0.717, 1.165) is 28.9 Å². The molecule has 1 aliphatic heterocycles. The highest BCUT2D eigenvalue weighted by Gasteiger charge is 2.19. The zero-order valence-electron chi connectivity index (χ0n) is 7.26. The zero-order chi connectivity index (χ0) is 9.42. The van der Waals surface area contributed by atoms with Crippen LogP contribution in [0.3, 0.4) is 0 Å². The quantitative estimate of drug-likeness (QED) is 0.602. The van der Waals surface area contributed by atoms with Gasteiger partial charge in [0, 0.05) is 17.6 Å². The second-order valence-corrected chi connectivity index (χ2v) is 4.22. The molecule has 3 heteroatoms. The van der Waals surface area contributed by atoms with Crippen molar-refractivity contribution < 1.29 is 0 Å². The number of halogens is 1. The van der Waals surface area contributed by atoms with Crippen molar-refractivity contribution in [2.45, 2.75) is 0 Å². The molecule has 13 heavy (non-hydrogen) atoms. The number of hydrogen-bond donors (Lipinski definition) is 1. The first-order valence-corrected chi connectivity index (χ1v) is 4.93. The van der Waals surface area contributed by atoms with E-state index in [1.54, 1.807) is 0 Å². The number of nitrogen functional groups attached to an aromatic ring is 1. The SMILES string of the molecule is C=C1CN(c2ccc(Br)cc2N)C1. The summed E-state index contributed by atoms with van der Waals surface area (Å²) in [6, 6.07) is 5.97. The average Bonchev–Trinajstić information content (AvgIpc) is 2.00. The fourth-order valence-corrected chi connectivity index (χ4v) is 1.86. The van der Waals surface area contributed by atoms with Crippen molar-refractivity contribution in [1.29, 1.82) is 0 Å². The lowest BCUT2D eigenvalue weighted by molar-refractivity contribution is 0.778. The second kappa shape index (κ2) is 3.07. The van der Waals surface area contributed by atoms with Crippen molar-refractivity contribution in [2.24, 2.45) is 0 Å². The first kappa shape index (κ1) is 8.63. The van der Waals surface area contributed by atoms with Gasteiger partial charge in [-0.2, -0.15) is 0 Å². The molecule has 0 bridgehead atoms. The minimum absolute atomic E-state index is 0.821. The van der Waals surface area contributed by atoms with Crippen LogP contribution < -0.4 is 10.6 Å². The van der Waals surface area contributed by atoms with Crippen LogP contribution in [0.15, 0.2) is 34.8 Å². The van der Waals surface area contributed by atoms with Crippen LogP contribution >= 0.6 is 15.9 Å². The monoisotopic (exact) mass is 238 g/mol. The summed E-state index contributed by atoms with van der Waals surface area (Å²) in [5, 5.41) is 0. The van der Waals surface area contributed by atoms with Gasteiger partial charge in [-0.3, -0.25) is 0 Å². The predicted molar refractivity (Wildman–Crippen MR) is 59.9 cm³/mol. The fraction of sp³-hybridized carbons (Fsp3) is 0.200. The highest BCUT2D eigenvalue weighted by Crippen LogP contribution is 2.30. The van der Waals surface area contributed by atoms with Crippen LogP contribution in [0.5, 0.6) is 0 Å². The Morgan fingerprint density at radius 2 is 2.08 bits per heavy atom. The molecule has 0 unspecified atom stereocenters. The molecule has 1 saturated heterocycles. The smallest absolute Gasteiger partial charge is 0.0606 e. The van der Waals surface area contributed by atoms with Gasteiger partial charge in [-0.15, -0.1) is 0 Å². The van der Waals surface area contributed by atoms with Crippen molar-refractivity contribution in [1.82, 2.24) is 0 Å². The highest BCUT2D eigenvalue weighted by atomic mass is 79.9. The van der Waals surface area contributed by atoms with Gasteiger partial charge in [-0.25, -0.2) is 0 Å². The Bertz CT molecular complexity index is 352. The molecule has 68 valence electrons. The molecule has 0 radical (unpaired) electrons. The first-order chi connectivity index (χ1) is 6.16. The Morgan fingerprint density at radius 3 is 2.62 bits per heavy atom. The Morgan fingerprint density at radius 1 is 1.38 bits per heavy atom. The molecular weight excluding hydrogens is 228 g/mol.